The van der Waals surface area contributed by atoms with Gasteiger partial charge in [0.2, 0.25) is 0 Å². The Morgan fingerprint density at radius 2 is 0.949 bits per heavy atom. The molecule has 0 N–H and O–H groups in total. The minimum absolute atomic E-state index is 0.311. The van der Waals surface area contributed by atoms with Gasteiger partial charge < -0.3 is 0 Å². The van der Waals surface area contributed by atoms with Crippen LogP contribution < -0.4 is 0 Å². The van der Waals surface area contributed by atoms with Crippen LogP contribution in [0.1, 0.15) is 172 Å². The highest BCUT2D eigenvalue weighted by atomic mass is 14.5. The molecule has 0 heterocycles. The van der Waals surface area contributed by atoms with E-state index in [9.17, 15) is 0 Å². The molecule has 4 aliphatic rings. The number of benzene rings is 2. The average molecular weight is 527 g/mol. The molecule has 0 saturated heterocycles. The number of hydrogen-bond acceptors (Lipinski definition) is 0. The van der Waals surface area contributed by atoms with Gasteiger partial charge in [-0.2, -0.15) is 0 Å². The first-order chi connectivity index (χ1) is 18.1. The first-order valence-corrected chi connectivity index (χ1v) is 16.4. The van der Waals surface area contributed by atoms with E-state index in [2.05, 4.69) is 107 Å². The minimum atomic E-state index is 0.311. The van der Waals surface area contributed by atoms with Gasteiger partial charge in [-0.15, -0.1) is 0 Å². The second-order valence-electron chi connectivity index (χ2n) is 16.2. The van der Waals surface area contributed by atoms with Gasteiger partial charge in [0.05, 0.1) is 0 Å². The van der Waals surface area contributed by atoms with Crippen molar-refractivity contribution < 1.29 is 0 Å². The third-order valence-corrected chi connectivity index (χ3v) is 13.4. The third-order valence-electron chi connectivity index (χ3n) is 13.4. The van der Waals surface area contributed by atoms with Gasteiger partial charge in [-0.05, 0) is 135 Å². The Labute approximate surface area is 241 Å². The second-order valence-corrected chi connectivity index (χ2v) is 16.2. The fourth-order valence-electron chi connectivity index (χ4n) is 9.38. The molecule has 2 aromatic carbocycles. The molecule has 0 saturated carbocycles. The van der Waals surface area contributed by atoms with Crippen molar-refractivity contribution in [2.75, 3.05) is 0 Å². The molecule has 0 spiro atoms. The van der Waals surface area contributed by atoms with E-state index >= 15 is 0 Å². The quantitative estimate of drug-likeness (QED) is 0.346. The lowest BCUT2D eigenvalue weighted by Gasteiger charge is -2.35. The minimum Gasteiger partial charge on any atom is -0.0645 e. The predicted octanol–water partition coefficient (Wildman–Crippen LogP) is 11.1. The van der Waals surface area contributed by atoms with Gasteiger partial charge in [0.15, 0.2) is 0 Å². The molecule has 0 radical (unpaired) electrons. The number of fused-ring (bicyclic) bond motifs is 4. The summed E-state index contributed by atoms with van der Waals surface area (Å²) in [7, 11) is 0. The Kier molecular flexibility index (Phi) is 7.05. The summed E-state index contributed by atoms with van der Waals surface area (Å²) >= 11 is 0. The molecule has 0 aliphatic heterocycles. The maximum absolute atomic E-state index is 2.59. The maximum Gasteiger partial charge on any atom is -0.00410 e. The maximum atomic E-state index is 2.59. The fourth-order valence-corrected chi connectivity index (χ4v) is 9.38. The second kappa shape index (κ2) is 9.49. The SMILES string of the molecule is CC1CCCc2cc3c(cc21)C(C)(C)C(C)C3(C)C.CCC1(C)c2cc3c(cc2C(C)(C)C1C)C(C)CCC3. The smallest absolute Gasteiger partial charge is 0.00410 e. The molecule has 5 atom stereocenters. The van der Waals surface area contributed by atoms with Crippen LogP contribution in [0.3, 0.4) is 0 Å². The Hall–Kier alpha value is -1.56. The van der Waals surface area contributed by atoms with Crippen molar-refractivity contribution in [3.8, 4) is 0 Å². The van der Waals surface area contributed by atoms with E-state index in [4.69, 9.17) is 0 Å². The first-order valence-electron chi connectivity index (χ1n) is 16.4. The molecule has 4 aliphatic carbocycles. The highest BCUT2D eigenvalue weighted by molar-refractivity contribution is 5.53. The van der Waals surface area contributed by atoms with Crippen molar-refractivity contribution in [3.63, 3.8) is 0 Å². The van der Waals surface area contributed by atoms with Crippen LogP contribution in [-0.2, 0) is 34.5 Å². The molecule has 6 rings (SSSR count). The first kappa shape index (κ1) is 29.0. The van der Waals surface area contributed by atoms with Crippen LogP contribution in [0, 0.1) is 11.8 Å². The zero-order valence-electron chi connectivity index (χ0n) is 27.6. The molecule has 0 nitrogen and oxygen atoms in total. The molecule has 0 amide bonds. The highest BCUT2D eigenvalue weighted by Crippen LogP contribution is 2.57. The van der Waals surface area contributed by atoms with Gasteiger partial charge in [0.1, 0.15) is 0 Å². The lowest BCUT2D eigenvalue weighted by Crippen LogP contribution is -2.32. The molecule has 2 aromatic rings. The van der Waals surface area contributed by atoms with Crippen LogP contribution in [0.25, 0.3) is 0 Å². The Morgan fingerprint density at radius 3 is 1.41 bits per heavy atom. The van der Waals surface area contributed by atoms with Gasteiger partial charge in [-0.3, -0.25) is 0 Å². The van der Waals surface area contributed by atoms with Crippen molar-refractivity contribution >= 4 is 0 Å². The molecule has 0 aromatic heterocycles. The van der Waals surface area contributed by atoms with E-state index in [0.29, 0.717) is 33.5 Å². The van der Waals surface area contributed by atoms with Crippen molar-refractivity contribution in [1.82, 2.24) is 0 Å². The standard InChI is InChI=1S/C20H30.C19H28/c1-7-20(6)14(3)19(4,5)17-12-16-13(2)9-8-10-15(16)11-18(17)20;1-12-8-7-9-14-10-16-17(11-15(12)14)19(5,6)13(2)18(16,3)4/h11-14H,7-10H2,1-6H3;10-13H,7-9H2,1-6H3. The molecular weight excluding hydrogens is 468 g/mol. The van der Waals surface area contributed by atoms with E-state index in [1.54, 1.807) is 44.5 Å². The molecule has 0 bridgehead atoms. The van der Waals surface area contributed by atoms with E-state index in [-0.39, 0.29) is 0 Å². The Morgan fingerprint density at radius 1 is 0.564 bits per heavy atom. The van der Waals surface area contributed by atoms with E-state index in [1.165, 1.54) is 44.9 Å². The largest absolute Gasteiger partial charge is 0.0645 e. The predicted molar refractivity (Wildman–Crippen MR) is 171 cm³/mol. The van der Waals surface area contributed by atoms with E-state index in [0.717, 1.165) is 11.8 Å². The topological polar surface area (TPSA) is 0 Å². The van der Waals surface area contributed by atoms with Crippen molar-refractivity contribution in [2.45, 2.75) is 162 Å². The van der Waals surface area contributed by atoms with Crippen LogP contribution in [0.4, 0.5) is 0 Å². The van der Waals surface area contributed by atoms with Crippen LogP contribution in [0.2, 0.25) is 0 Å². The summed E-state index contributed by atoms with van der Waals surface area (Å²) in [5.41, 5.74) is 14.4. The summed E-state index contributed by atoms with van der Waals surface area (Å²) in [6.45, 7) is 29.2. The zero-order chi connectivity index (χ0) is 28.7. The lowest BCUT2D eigenvalue weighted by molar-refractivity contribution is 0.239. The number of hydrogen-bond donors (Lipinski definition) is 0. The van der Waals surface area contributed by atoms with Crippen LogP contribution in [0.15, 0.2) is 24.3 Å². The Balaban J connectivity index is 0.000000158. The summed E-state index contributed by atoms with van der Waals surface area (Å²) < 4.78 is 0. The Bertz CT molecular complexity index is 1250. The monoisotopic (exact) mass is 526 g/mol. The molecule has 214 valence electrons. The van der Waals surface area contributed by atoms with Crippen LogP contribution in [-0.4, -0.2) is 0 Å². The molecule has 0 heteroatoms. The van der Waals surface area contributed by atoms with Gasteiger partial charge in [0, 0.05) is 0 Å². The third kappa shape index (κ3) is 4.20. The van der Waals surface area contributed by atoms with Crippen LogP contribution in [0.5, 0.6) is 0 Å². The van der Waals surface area contributed by atoms with Crippen molar-refractivity contribution in [2.24, 2.45) is 11.8 Å². The van der Waals surface area contributed by atoms with E-state index in [1.807, 2.05) is 0 Å². The summed E-state index contributed by atoms with van der Waals surface area (Å²) in [5.74, 6) is 2.93. The van der Waals surface area contributed by atoms with Crippen molar-refractivity contribution in [1.29, 1.82) is 0 Å². The van der Waals surface area contributed by atoms with Gasteiger partial charge in [-0.1, -0.05) is 107 Å². The van der Waals surface area contributed by atoms with Gasteiger partial charge >= 0.3 is 0 Å². The highest BCUT2D eigenvalue weighted by Gasteiger charge is 2.51. The molecular formula is C39H58. The number of aryl methyl sites for hydroxylation is 2. The van der Waals surface area contributed by atoms with Crippen LogP contribution >= 0.6 is 0 Å². The molecule has 39 heavy (non-hydrogen) atoms. The lowest BCUT2D eigenvalue weighted by atomic mass is 9.69. The summed E-state index contributed by atoms with van der Waals surface area (Å²) in [5, 5.41) is 0. The van der Waals surface area contributed by atoms with Gasteiger partial charge in [-0.25, -0.2) is 0 Å². The fraction of sp³-hybridized carbons (Fsp3) is 0.692. The normalized spacial score (nSPS) is 32.8. The zero-order valence-corrected chi connectivity index (χ0v) is 27.6. The summed E-state index contributed by atoms with van der Waals surface area (Å²) in [4.78, 5) is 0. The van der Waals surface area contributed by atoms with E-state index < -0.39 is 0 Å². The van der Waals surface area contributed by atoms with Gasteiger partial charge in [0.25, 0.3) is 0 Å². The summed E-state index contributed by atoms with van der Waals surface area (Å²) in [6, 6.07) is 10.3. The molecule has 0 fully saturated rings. The number of rotatable bonds is 1. The average Bonchev–Trinajstić information content (AvgIpc) is 3.13. The summed E-state index contributed by atoms with van der Waals surface area (Å²) in [6.07, 6.45) is 9.30. The van der Waals surface area contributed by atoms with Crippen molar-refractivity contribution in [3.05, 3.63) is 68.8 Å². The molecule has 5 unspecified atom stereocenters.